The SMILES string of the molecule is CCOC(=O)c1cn2nc(Oc3ncc(Cl)cc3OCC(F)F)c(C)cc2n1. The van der Waals surface area contributed by atoms with Crippen molar-refractivity contribution in [1.29, 1.82) is 0 Å². The third kappa shape index (κ3) is 4.45. The third-order valence-electron chi connectivity index (χ3n) is 3.42. The van der Waals surface area contributed by atoms with Crippen molar-refractivity contribution in [2.24, 2.45) is 0 Å². The molecule has 0 fully saturated rings. The summed E-state index contributed by atoms with van der Waals surface area (Å²) in [6.07, 6.45) is 0.00872. The lowest BCUT2D eigenvalue weighted by molar-refractivity contribution is 0.0520. The molecule has 0 aromatic carbocycles. The summed E-state index contributed by atoms with van der Waals surface area (Å²) in [5, 5.41) is 4.44. The van der Waals surface area contributed by atoms with Crippen LogP contribution in [0.15, 0.2) is 24.5 Å². The number of ether oxygens (including phenoxy) is 3. The van der Waals surface area contributed by atoms with Crippen LogP contribution in [-0.4, -0.2) is 45.2 Å². The van der Waals surface area contributed by atoms with E-state index in [2.05, 4.69) is 15.1 Å². The van der Waals surface area contributed by atoms with E-state index in [0.29, 0.717) is 11.2 Å². The molecule has 0 aliphatic carbocycles. The van der Waals surface area contributed by atoms with E-state index in [1.54, 1.807) is 19.9 Å². The molecule has 11 heteroatoms. The van der Waals surface area contributed by atoms with E-state index in [4.69, 9.17) is 25.8 Å². The molecule has 0 saturated heterocycles. The summed E-state index contributed by atoms with van der Waals surface area (Å²) in [7, 11) is 0. The van der Waals surface area contributed by atoms with Gasteiger partial charge in [0.15, 0.2) is 17.1 Å². The summed E-state index contributed by atoms with van der Waals surface area (Å²) in [5.74, 6) is -0.579. The number of nitrogens with zero attached hydrogens (tertiary/aromatic N) is 4. The lowest BCUT2D eigenvalue weighted by Crippen LogP contribution is -2.08. The molecule has 3 aromatic rings. The third-order valence-corrected chi connectivity index (χ3v) is 3.63. The predicted molar refractivity (Wildman–Crippen MR) is 94.5 cm³/mol. The molecule has 0 aliphatic heterocycles. The smallest absolute Gasteiger partial charge is 0.358 e. The van der Waals surface area contributed by atoms with Gasteiger partial charge in [-0.25, -0.2) is 28.1 Å². The average molecular weight is 413 g/mol. The molecular formula is C17H15ClF2N4O4. The van der Waals surface area contributed by atoms with Gasteiger partial charge in [0.25, 0.3) is 12.3 Å². The van der Waals surface area contributed by atoms with E-state index in [9.17, 15) is 13.6 Å². The minimum Gasteiger partial charge on any atom is -0.482 e. The summed E-state index contributed by atoms with van der Waals surface area (Å²) < 4.78 is 41.8. The zero-order valence-corrected chi connectivity index (χ0v) is 15.6. The van der Waals surface area contributed by atoms with Crippen molar-refractivity contribution in [2.45, 2.75) is 20.3 Å². The number of aryl methyl sites for hydroxylation is 1. The number of alkyl halides is 2. The summed E-state index contributed by atoms with van der Waals surface area (Å²) in [5.41, 5.74) is 1.08. The average Bonchev–Trinajstić information content (AvgIpc) is 3.05. The Morgan fingerprint density at radius 2 is 2.11 bits per heavy atom. The van der Waals surface area contributed by atoms with Crippen molar-refractivity contribution >= 4 is 23.2 Å². The number of rotatable bonds is 7. The number of imidazole rings is 1. The molecule has 3 aromatic heterocycles. The highest BCUT2D eigenvalue weighted by Crippen LogP contribution is 2.32. The van der Waals surface area contributed by atoms with Crippen LogP contribution >= 0.6 is 11.6 Å². The van der Waals surface area contributed by atoms with E-state index in [-0.39, 0.29) is 34.8 Å². The minimum absolute atomic E-state index is 0.0491. The topological polar surface area (TPSA) is 87.8 Å². The number of carbonyl (C=O) groups is 1. The first-order valence-corrected chi connectivity index (χ1v) is 8.53. The fourth-order valence-corrected chi connectivity index (χ4v) is 2.38. The van der Waals surface area contributed by atoms with Crippen LogP contribution in [0.2, 0.25) is 5.02 Å². The van der Waals surface area contributed by atoms with E-state index in [0.717, 1.165) is 0 Å². The Balaban J connectivity index is 1.92. The van der Waals surface area contributed by atoms with Gasteiger partial charge in [-0.2, -0.15) is 0 Å². The summed E-state index contributed by atoms with van der Waals surface area (Å²) >= 11 is 5.85. The van der Waals surface area contributed by atoms with E-state index in [1.165, 1.54) is 23.0 Å². The van der Waals surface area contributed by atoms with Crippen molar-refractivity contribution in [3.63, 3.8) is 0 Å². The summed E-state index contributed by atoms with van der Waals surface area (Å²) in [4.78, 5) is 19.9. The molecule has 0 unspecified atom stereocenters. The Kier molecular flexibility index (Phi) is 5.88. The van der Waals surface area contributed by atoms with Gasteiger partial charge in [-0.15, -0.1) is 5.10 Å². The molecule has 28 heavy (non-hydrogen) atoms. The highest BCUT2D eigenvalue weighted by molar-refractivity contribution is 6.30. The molecule has 0 radical (unpaired) electrons. The van der Waals surface area contributed by atoms with Gasteiger partial charge in [-0.1, -0.05) is 11.6 Å². The van der Waals surface area contributed by atoms with Crippen molar-refractivity contribution in [1.82, 2.24) is 19.6 Å². The molecule has 0 aliphatic rings. The van der Waals surface area contributed by atoms with E-state index < -0.39 is 19.0 Å². The Hall–Kier alpha value is -3.01. The van der Waals surface area contributed by atoms with Gasteiger partial charge in [-0.05, 0) is 19.9 Å². The van der Waals surface area contributed by atoms with Crippen molar-refractivity contribution in [3.05, 3.63) is 40.8 Å². The van der Waals surface area contributed by atoms with Crippen LogP contribution in [0.1, 0.15) is 23.0 Å². The molecule has 0 spiro atoms. The van der Waals surface area contributed by atoms with Gasteiger partial charge >= 0.3 is 5.97 Å². The number of carbonyl (C=O) groups excluding carboxylic acids is 1. The van der Waals surface area contributed by atoms with Crippen molar-refractivity contribution in [3.8, 4) is 17.5 Å². The van der Waals surface area contributed by atoms with Crippen LogP contribution in [0.25, 0.3) is 5.65 Å². The van der Waals surface area contributed by atoms with Gasteiger partial charge in [0.05, 0.1) is 17.8 Å². The summed E-state index contributed by atoms with van der Waals surface area (Å²) in [6, 6.07) is 2.96. The normalized spacial score (nSPS) is 11.1. The van der Waals surface area contributed by atoms with Crippen LogP contribution in [0.5, 0.6) is 17.5 Å². The highest BCUT2D eigenvalue weighted by Gasteiger charge is 2.17. The molecular weight excluding hydrogens is 398 g/mol. The quantitative estimate of drug-likeness (QED) is 0.547. The van der Waals surface area contributed by atoms with Gasteiger partial charge in [-0.3, -0.25) is 0 Å². The fraction of sp³-hybridized carbons (Fsp3) is 0.294. The molecule has 148 valence electrons. The molecule has 0 bridgehead atoms. The first-order chi connectivity index (χ1) is 13.4. The molecule has 3 heterocycles. The minimum atomic E-state index is -2.67. The van der Waals surface area contributed by atoms with Gasteiger partial charge in [0, 0.05) is 17.8 Å². The lowest BCUT2D eigenvalue weighted by atomic mass is 10.3. The Morgan fingerprint density at radius 3 is 2.82 bits per heavy atom. The number of hydrogen-bond donors (Lipinski definition) is 0. The largest absolute Gasteiger partial charge is 0.482 e. The first-order valence-electron chi connectivity index (χ1n) is 8.16. The van der Waals surface area contributed by atoms with Crippen LogP contribution in [0.3, 0.4) is 0 Å². The van der Waals surface area contributed by atoms with Crippen LogP contribution in [0.4, 0.5) is 8.78 Å². The second-order valence-corrected chi connectivity index (χ2v) is 5.98. The zero-order chi connectivity index (χ0) is 20.3. The highest BCUT2D eigenvalue weighted by atomic mass is 35.5. The molecule has 3 rings (SSSR count). The zero-order valence-electron chi connectivity index (χ0n) is 14.9. The second-order valence-electron chi connectivity index (χ2n) is 5.54. The molecule has 0 saturated carbocycles. The molecule has 8 nitrogen and oxygen atoms in total. The molecule has 0 atom stereocenters. The standard InChI is InChI=1S/C17H15ClF2N4O4/c1-3-26-17(25)11-7-24-14(22-11)4-9(2)15(23-24)28-16-12(27-8-13(19)20)5-10(18)6-21-16/h4-7,13H,3,8H2,1-2H3. The maximum atomic E-state index is 12.5. The number of hydrogen-bond acceptors (Lipinski definition) is 7. The van der Waals surface area contributed by atoms with Crippen LogP contribution < -0.4 is 9.47 Å². The number of pyridine rings is 1. The molecule has 0 amide bonds. The Morgan fingerprint density at radius 1 is 1.32 bits per heavy atom. The summed E-state index contributed by atoms with van der Waals surface area (Å²) in [6.45, 7) is 2.77. The number of aromatic nitrogens is 4. The van der Waals surface area contributed by atoms with Gasteiger partial charge in [0.1, 0.15) is 6.61 Å². The Labute approximate surface area is 163 Å². The van der Waals surface area contributed by atoms with Crippen molar-refractivity contribution < 1.29 is 27.8 Å². The lowest BCUT2D eigenvalue weighted by Gasteiger charge is -2.12. The maximum absolute atomic E-state index is 12.5. The van der Waals surface area contributed by atoms with Crippen LogP contribution in [-0.2, 0) is 4.74 Å². The van der Waals surface area contributed by atoms with Gasteiger partial charge < -0.3 is 14.2 Å². The maximum Gasteiger partial charge on any atom is 0.358 e. The van der Waals surface area contributed by atoms with Crippen molar-refractivity contribution in [2.75, 3.05) is 13.2 Å². The second kappa shape index (κ2) is 8.34. The fourth-order valence-electron chi connectivity index (χ4n) is 2.23. The Bertz CT molecular complexity index is 1010. The predicted octanol–water partition coefficient (Wildman–Crippen LogP) is 3.70. The van der Waals surface area contributed by atoms with E-state index >= 15 is 0 Å². The monoisotopic (exact) mass is 412 g/mol. The number of halogens is 3. The van der Waals surface area contributed by atoms with Crippen LogP contribution in [0, 0.1) is 6.92 Å². The van der Waals surface area contributed by atoms with E-state index in [1.807, 2.05) is 0 Å². The number of fused-ring (bicyclic) bond motifs is 1. The number of esters is 1. The molecule has 0 N–H and O–H groups in total. The van der Waals surface area contributed by atoms with Gasteiger partial charge in [0.2, 0.25) is 5.88 Å². The first kappa shape index (κ1) is 19.7.